The molecular formula is C9H15N3O. The SMILES string of the molecule is OCCc1cnn(C2CCNC2)c1. The van der Waals surface area contributed by atoms with Crippen LogP contribution in [-0.4, -0.2) is 34.6 Å². The number of nitrogens with zero attached hydrogens (tertiary/aromatic N) is 2. The van der Waals surface area contributed by atoms with E-state index in [1.807, 2.05) is 17.1 Å². The summed E-state index contributed by atoms with van der Waals surface area (Å²) in [5.41, 5.74) is 1.12. The molecule has 0 amide bonds. The van der Waals surface area contributed by atoms with Gasteiger partial charge in [-0.1, -0.05) is 0 Å². The molecule has 1 saturated heterocycles. The van der Waals surface area contributed by atoms with E-state index in [0.29, 0.717) is 12.5 Å². The molecule has 4 nitrogen and oxygen atoms in total. The van der Waals surface area contributed by atoms with Crippen LogP contribution >= 0.6 is 0 Å². The zero-order valence-corrected chi connectivity index (χ0v) is 7.61. The largest absolute Gasteiger partial charge is 0.396 e. The molecule has 0 radical (unpaired) electrons. The first-order valence-corrected chi connectivity index (χ1v) is 4.75. The molecule has 1 aromatic heterocycles. The lowest BCUT2D eigenvalue weighted by Crippen LogP contribution is -2.13. The van der Waals surface area contributed by atoms with Crippen LogP contribution in [0.15, 0.2) is 12.4 Å². The molecule has 4 heteroatoms. The maximum Gasteiger partial charge on any atom is 0.0655 e. The van der Waals surface area contributed by atoms with Gasteiger partial charge < -0.3 is 10.4 Å². The average Bonchev–Trinajstić information content (AvgIpc) is 2.70. The Bertz CT molecular complexity index is 266. The second-order valence-corrected chi connectivity index (χ2v) is 3.45. The predicted molar refractivity (Wildman–Crippen MR) is 49.5 cm³/mol. The molecule has 1 unspecified atom stereocenters. The highest BCUT2D eigenvalue weighted by molar-refractivity contribution is 5.05. The molecule has 0 bridgehead atoms. The van der Waals surface area contributed by atoms with Gasteiger partial charge in [-0.2, -0.15) is 5.10 Å². The van der Waals surface area contributed by atoms with E-state index >= 15 is 0 Å². The van der Waals surface area contributed by atoms with Crippen molar-refractivity contribution in [2.45, 2.75) is 18.9 Å². The van der Waals surface area contributed by atoms with Gasteiger partial charge in [0.15, 0.2) is 0 Å². The lowest BCUT2D eigenvalue weighted by atomic mass is 10.2. The molecule has 1 aliphatic heterocycles. The Hall–Kier alpha value is -0.870. The van der Waals surface area contributed by atoms with E-state index < -0.39 is 0 Å². The molecule has 72 valence electrons. The Morgan fingerprint density at radius 2 is 2.62 bits per heavy atom. The normalized spacial score (nSPS) is 22.4. The Kier molecular flexibility index (Phi) is 2.61. The highest BCUT2D eigenvalue weighted by Gasteiger charge is 2.16. The van der Waals surface area contributed by atoms with Gasteiger partial charge in [0, 0.05) is 19.3 Å². The van der Waals surface area contributed by atoms with E-state index in [2.05, 4.69) is 10.4 Å². The third-order valence-electron chi connectivity index (χ3n) is 2.46. The molecule has 0 spiro atoms. The Morgan fingerprint density at radius 1 is 1.69 bits per heavy atom. The predicted octanol–water partition coefficient (Wildman–Crippen LogP) is -0.0477. The van der Waals surface area contributed by atoms with E-state index in [0.717, 1.165) is 25.1 Å². The fraction of sp³-hybridized carbons (Fsp3) is 0.667. The van der Waals surface area contributed by atoms with Crippen LogP contribution < -0.4 is 5.32 Å². The van der Waals surface area contributed by atoms with E-state index in [1.54, 1.807) is 0 Å². The second-order valence-electron chi connectivity index (χ2n) is 3.45. The van der Waals surface area contributed by atoms with E-state index in [-0.39, 0.29) is 6.61 Å². The van der Waals surface area contributed by atoms with Crippen LogP contribution in [0.3, 0.4) is 0 Å². The third kappa shape index (κ3) is 1.89. The molecule has 0 aliphatic carbocycles. The Balaban J connectivity index is 2.03. The van der Waals surface area contributed by atoms with Crippen LogP contribution in [0.5, 0.6) is 0 Å². The summed E-state index contributed by atoms with van der Waals surface area (Å²) in [4.78, 5) is 0. The highest BCUT2D eigenvalue weighted by Crippen LogP contribution is 2.14. The van der Waals surface area contributed by atoms with Gasteiger partial charge in [0.2, 0.25) is 0 Å². The smallest absolute Gasteiger partial charge is 0.0655 e. The van der Waals surface area contributed by atoms with Crippen LogP contribution in [0.25, 0.3) is 0 Å². The minimum atomic E-state index is 0.203. The van der Waals surface area contributed by atoms with E-state index in [4.69, 9.17) is 5.11 Å². The zero-order chi connectivity index (χ0) is 9.10. The fourth-order valence-electron chi connectivity index (χ4n) is 1.70. The van der Waals surface area contributed by atoms with Crippen molar-refractivity contribution in [3.8, 4) is 0 Å². The van der Waals surface area contributed by atoms with Crippen molar-refractivity contribution in [2.75, 3.05) is 19.7 Å². The summed E-state index contributed by atoms with van der Waals surface area (Å²) in [6, 6.07) is 0.507. The first-order valence-electron chi connectivity index (χ1n) is 4.75. The minimum Gasteiger partial charge on any atom is -0.396 e. The molecule has 2 rings (SSSR count). The van der Waals surface area contributed by atoms with Crippen molar-refractivity contribution in [1.82, 2.24) is 15.1 Å². The van der Waals surface area contributed by atoms with Crippen LogP contribution in [0, 0.1) is 0 Å². The first kappa shape index (κ1) is 8.72. The number of rotatable bonds is 3. The highest BCUT2D eigenvalue weighted by atomic mass is 16.2. The van der Waals surface area contributed by atoms with Gasteiger partial charge in [0.1, 0.15) is 0 Å². The van der Waals surface area contributed by atoms with Crippen molar-refractivity contribution in [2.24, 2.45) is 0 Å². The molecule has 1 aromatic rings. The molecule has 0 aromatic carbocycles. The summed E-state index contributed by atoms with van der Waals surface area (Å²) in [6.45, 7) is 2.30. The molecular weight excluding hydrogens is 166 g/mol. The van der Waals surface area contributed by atoms with Crippen molar-refractivity contribution >= 4 is 0 Å². The lowest BCUT2D eigenvalue weighted by molar-refractivity contribution is 0.299. The molecule has 1 aliphatic rings. The number of aliphatic hydroxyl groups is 1. The average molecular weight is 181 g/mol. The summed E-state index contributed by atoms with van der Waals surface area (Å²) >= 11 is 0. The molecule has 1 fully saturated rings. The van der Waals surface area contributed by atoms with Crippen LogP contribution in [0.2, 0.25) is 0 Å². The minimum absolute atomic E-state index is 0.203. The van der Waals surface area contributed by atoms with E-state index in [1.165, 1.54) is 0 Å². The van der Waals surface area contributed by atoms with Gasteiger partial charge in [-0.25, -0.2) is 0 Å². The second kappa shape index (κ2) is 3.89. The first-order chi connectivity index (χ1) is 6.40. The van der Waals surface area contributed by atoms with Crippen LogP contribution in [0.4, 0.5) is 0 Å². The van der Waals surface area contributed by atoms with Crippen molar-refractivity contribution < 1.29 is 5.11 Å². The number of nitrogens with one attached hydrogen (secondary N) is 1. The summed E-state index contributed by atoms with van der Waals surface area (Å²) < 4.78 is 2.00. The Morgan fingerprint density at radius 3 is 3.31 bits per heavy atom. The molecule has 13 heavy (non-hydrogen) atoms. The summed E-state index contributed by atoms with van der Waals surface area (Å²) in [5.74, 6) is 0. The fourth-order valence-corrected chi connectivity index (χ4v) is 1.70. The summed E-state index contributed by atoms with van der Waals surface area (Å²) in [5, 5.41) is 16.3. The van der Waals surface area contributed by atoms with Gasteiger partial charge in [0.05, 0.1) is 12.2 Å². The molecule has 2 heterocycles. The van der Waals surface area contributed by atoms with Gasteiger partial charge in [0.25, 0.3) is 0 Å². The standard InChI is InChI=1S/C9H15N3O/c13-4-2-8-5-11-12(7-8)9-1-3-10-6-9/h5,7,9-10,13H,1-4,6H2. The number of aromatic nitrogens is 2. The summed E-state index contributed by atoms with van der Waals surface area (Å²) in [6.07, 6.45) is 5.74. The van der Waals surface area contributed by atoms with Gasteiger partial charge in [-0.15, -0.1) is 0 Å². The van der Waals surface area contributed by atoms with Gasteiger partial charge >= 0.3 is 0 Å². The maximum absolute atomic E-state index is 8.74. The number of aliphatic hydroxyl groups excluding tert-OH is 1. The topological polar surface area (TPSA) is 50.1 Å². The third-order valence-corrected chi connectivity index (χ3v) is 2.46. The van der Waals surface area contributed by atoms with Gasteiger partial charge in [-0.3, -0.25) is 4.68 Å². The van der Waals surface area contributed by atoms with Crippen molar-refractivity contribution in [3.63, 3.8) is 0 Å². The Labute approximate surface area is 77.6 Å². The van der Waals surface area contributed by atoms with Crippen molar-refractivity contribution in [1.29, 1.82) is 0 Å². The van der Waals surface area contributed by atoms with E-state index in [9.17, 15) is 0 Å². The quantitative estimate of drug-likeness (QED) is 0.687. The zero-order valence-electron chi connectivity index (χ0n) is 7.61. The lowest BCUT2D eigenvalue weighted by Gasteiger charge is -2.07. The molecule has 1 atom stereocenters. The number of hydrogen-bond donors (Lipinski definition) is 2. The van der Waals surface area contributed by atoms with Gasteiger partial charge in [-0.05, 0) is 24.9 Å². The number of hydrogen-bond acceptors (Lipinski definition) is 3. The van der Waals surface area contributed by atoms with Crippen molar-refractivity contribution in [3.05, 3.63) is 18.0 Å². The van der Waals surface area contributed by atoms with Crippen LogP contribution in [-0.2, 0) is 6.42 Å². The maximum atomic E-state index is 8.74. The summed E-state index contributed by atoms with van der Waals surface area (Å²) in [7, 11) is 0. The monoisotopic (exact) mass is 181 g/mol. The molecule has 2 N–H and O–H groups in total. The van der Waals surface area contributed by atoms with Crippen LogP contribution in [0.1, 0.15) is 18.0 Å². The molecule has 0 saturated carbocycles.